The molecule has 0 unspecified atom stereocenters. The second kappa shape index (κ2) is 5.12. The Morgan fingerprint density at radius 3 is 2.69 bits per heavy atom. The molecule has 2 atom stereocenters. The third-order valence-electron chi connectivity index (χ3n) is 3.04. The number of primary amides is 1. The van der Waals surface area contributed by atoms with Crippen LogP contribution < -0.4 is 5.73 Å². The summed E-state index contributed by atoms with van der Waals surface area (Å²) in [6.45, 7) is 4.89. The predicted molar refractivity (Wildman–Crippen MR) is 60.9 cm³/mol. The van der Waals surface area contributed by atoms with E-state index < -0.39 is 5.60 Å². The molecule has 5 heteroatoms. The lowest BCUT2D eigenvalue weighted by atomic mass is 10.1. The first-order valence-electron chi connectivity index (χ1n) is 5.62. The van der Waals surface area contributed by atoms with Gasteiger partial charge < -0.3 is 15.6 Å². The molecule has 0 aromatic carbocycles. The smallest absolute Gasteiger partial charge is 0.234 e. The van der Waals surface area contributed by atoms with E-state index in [1.54, 1.807) is 21.0 Å². The molecule has 0 bridgehead atoms. The maximum atomic E-state index is 11.3. The minimum absolute atomic E-state index is 0.0688. The Bertz CT molecular complexity index is 250. The maximum Gasteiger partial charge on any atom is 0.234 e. The van der Waals surface area contributed by atoms with Crippen molar-refractivity contribution in [2.75, 3.05) is 20.2 Å². The zero-order valence-electron chi connectivity index (χ0n) is 10.3. The van der Waals surface area contributed by atoms with Crippen LogP contribution in [0.15, 0.2) is 0 Å². The standard InChI is InChI=1S/C11H22N2O3/c1-11(2,15)4-5-13-7-8(16-3)6-9(13)10(12)14/h8-9,15H,4-7H2,1-3H3,(H2,12,14)/t8-,9-/m0/s1. The summed E-state index contributed by atoms with van der Waals surface area (Å²) in [5.74, 6) is -0.310. The Balaban J connectivity index is 2.53. The van der Waals surface area contributed by atoms with Crippen molar-refractivity contribution in [2.45, 2.75) is 44.4 Å². The maximum absolute atomic E-state index is 11.3. The number of ether oxygens (including phenoxy) is 1. The molecule has 1 saturated heterocycles. The van der Waals surface area contributed by atoms with Gasteiger partial charge in [0.1, 0.15) is 0 Å². The molecule has 0 spiro atoms. The number of carbonyl (C=O) groups excluding carboxylic acids is 1. The molecule has 1 amide bonds. The molecule has 0 saturated carbocycles. The van der Waals surface area contributed by atoms with E-state index in [4.69, 9.17) is 10.5 Å². The third-order valence-corrected chi connectivity index (χ3v) is 3.04. The van der Waals surface area contributed by atoms with Crippen molar-refractivity contribution in [3.8, 4) is 0 Å². The number of hydrogen-bond donors (Lipinski definition) is 2. The van der Waals surface area contributed by atoms with Crippen molar-refractivity contribution >= 4 is 5.91 Å². The summed E-state index contributed by atoms with van der Waals surface area (Å²) in [4.78, 5) is 13.3. The van der Waals surface area contributed by atoms with E-state index in [-0.39, 0.29) is 18.1 Å². The van der Waals surface area contributed by atoms with E-state index in [0.717, 1.165) is 0 Å². The largest absolute Gasteiger partial charge is 0.390 e. The first kappa shape index (κ1) is 13.4. The molecule has 0 aromatic rings. The molecule has 0 aliphatic carbocycles. The fourth-order valence-corrected chi connectivity index (χ4v) is 1.99. The quantitative estimate of drug-likeness (QED) is 0.681. The first-order chi connectivity index (χ1) is 7.33. The van der Waals surface area contributed by atoms with Crippen molar-refractivity contribution < 1.29 is 14.6 Å². The molecule has 94 valence electrons. The number of carbonyl (C=O) groups is 1. The number of rotatable bonds is 5. The van der Waals surface area contributed by atoms with E-state index in [1.807, 2.05) is 4.90 Å². The Labute approximate surface area is 96.6 Å². The van der Waals surface area contributed by atoms with Gasteiger partial charge in [0, 0.05) is 20.2 Å². The van der Waals surface area contributed by atoms with Crippen LogP contribution in [0.2, 0.25) is 0 Å². The van der Waals surface area contributed by atoms with Crippen LogP contribution in [0.25, 0.3) is 0 Å². The summed E-state index contributed by atoms with van der Waals surface area (Å²) in [5.41, 5.74) is 4.63. The summed E-state index contributed by atoms with van der Waals surface area (Å²) >= 11 is 0. The van der Waals surface area contributed by atoms with Gasteiger partial charge in [0.2, 0.25) is 5.91 Å². The van der Waals surface area contributed by atoms with Crippen molar-refractivity contribution in [3.05, 3.63) is 0 Å². The van der Waals surface area contributed by atoms with Gasteiger partial charge >= 0.3 is 0 Å². The number of hydrogen-bond acceptors (Lipinski definition) is 4. The SMILES string of the molecule is CO[C@H]1C[C@@H](C(N)=O)N(CCC(C)(C)O)C1. The van der Waals surface area contributed by atoms with E-state index in [2.05, 4.69) is 0 Å². The molecule has 1 fully saturated rings. The predicted octanol–water partition coefficient (Wildman–Crippen LogP) is -0.278. The monoisotopic (exact) mass is 230 g/mol. The van der Waals surface area contributed by atoms with Gasteiger partial charge in [-0.05, 0) is 26.7 Å². The molecule has 16 heavy (non-hydrogen) atoms. The van der Waals surface area contributed by atoms with Gasteiger partial charge in [0.25, 0.3) is 0 Å². The van der Waals surface area contributed by atoms with Crippen molar-refractivity contribution in [2.24, 2.45) is 5.73 Å². The van der Waals surface area contributed by atoms with E-state index >= 15 is 0 Å². The molecular formula is C11H22N2O3. The van der Waals surface area contributed by atoms with Crippen LogP contribution in [0.3, 0.4) is 0 Å². The minimum atomic E-state index is -0.715. The fraction of sp³-hybridized carbons (Fsp3) is 0.909. The normalized spacial score (nSPS) is 27.2. The lowest BCUT2D eigenvalue weighted by molar-refractivity contribution is -0.122. The van der Waals surface area contributed by atoms with Gasteiger partial charge in [-0.2, -0.15) is 0 Å². The van der Waals surface area contributed by atoms with Crippen LogP contribution >= 0.6 is 0 Å². The highest BCUT2D eigenvalue weighted by molar-refractivity contribution is 5.80. The van der Waals surface area contributed by atoms with Crippen molar-refractivity contribution in [1.29, 1.82) is 0 Å². The van der Waals surface area contributed by atoms with E-state index in [1.165, 1.54) is 0 Å². The molecular weight excluding hydrogens is 208 g/mol. The topological polar surface area (TPSA) is 75.8 Å². The Morgan fingerprint density at radius 2 is 2.25 bits per heavy atom. The molecule has 1 aliphatic rings. The van der Waals surface area contributed by atoms with Crippen LogP contribution in [0.1, 0.15) is 26.7 Å². The number of aliphatic hydroxyl groups is 1. The number of nitrogens with zero attached hydrogens (tertiary/aromatic N) is 1. The highest BCUT2D eigenvalue weighted by Crippen LogP contribution is 2.21. The molecule has 0 aromatic heterocycles. The molecule has 5 nitrogen and oxygen atoms in total. The van der Waals surface area contributed by atoms with Crippen molar-refractivity contribution in [1.82, 2.24) is 4.90 Å². The summed E-state index contributed by atoms with van der Waals surface area (Å²) in [5, 5.41) is 9.65. The van der Waals surface area contributed by atoms with Gasteiger partial charge in [-0.3, -0.25) is 9.69 Å². The van der Waals surface area contributed by atoms with E-state index in [0.29, 0.717) is 25.9 Å². The first-order valence-corrected chi connectivity index (χ1v) is 5.62. The zero-order chi connectivity index (χ0) is 12.3. The summed E-state index contributed by atoms with van der Waals surface area (Å²) in [6.07, 6.45) is 1.34. The van der Waals surface area contributed by atoms with Crippen LogP contribution in [0.5, 0.6) is 0 Å². The second-order valence-corrected chi connectivity index (χ2v) is 5.07. The van der Waals surface area contributed by atoms with Gasteiger partial charge in [-0.1, -0.05) is 0 Å². The average molecular weight is 230 g/mol. The lowest BCUT2D eigenvalue weighted by Gasteiger charge is -2.25. The van der Waals surface area contributed by atoms with Gasteiger partial charge in [-0.25, -0.2) is 0 Å². The Kier molecular flexibility index (Phi) is 4.29. The molecule has 1 aliphatic heterocycles. The van der Waals surface area contributed by atoms with Crippen LogP contribution in [0, 0.1) is 0 Å². The number of methoxy groups -OCH3 is 1. The van der Waals surface area contributed by atoms with E-state index in [9.17, 15) is 9.90 Å². The van der Waals surface area contributed by atoms with Gasteiger partial charge in [0.15, 0.2) is 0 Å². The van der Waals surface area contributed by atoms with Crippen LogP contribution in [-0.4, -0.2) is 53.9 Å². The molecule has 1 heterocycles. The number of likely N-dealkylation sites (tertiary alicyclic amines) is 1. The van der Waals surface area contributed by atoms with Crippen molar-refractivity contribution in [3.63, 3.8) is 0 Å². The molecule has 0 radical (unpaired) electrons. The summed E-state index contributed by atoms with van der Waals surface area (Å²) in [6, 6.07) is -0.257. The average Bonchev–Trinajstić information content (AvgIpc) is 2.56. The zero-order valence-corrected chi connectivity index (χ0v) is 10.3. The fourth-order valence-electron chi connectivity index (χ4n) is 1.99. The third kappa shape index (κ3) is 3.73. The highest BCUT2D eigenvalue weighted by Gasteiger charge is 2.35. The van der Waals surface area contributed by atoms with Crippen LogP contribution in [-0.2, 0) is 9.53 Å². The number of amides is 1. The number of nitrogens with two attached hydrogens (primary N) is 1. The lowest BCUT2D eigenvalue weighted by Crippen LogP contribution is -2.42. The molecule has 1 rings (SSSR count). The Morgan fingerprint density at radius 1 is 1.62 bits per heavy atom. The highest BCUT2D eigenvalue weighted by atomic mass is 16.5. The van der Waals surface area contributed by atoms with Gasteiger partial charge in [-0.15, -0.1) is 0 Å². The van der Waals surface area contributed by atoms with Gasteiger partial charge in [0.05, 0.1) is 17.7 Å². The molecule has 3 N–H and O–H groups in total. The summed E-state index contributed by atoms with van der Waals surface area (Å²) in [7, 11) is 1.64. The second-order valence-electron chi connectivity index (χ2n) is 5.07. The van der Waals surface area contributed by atoms with Crippen LogP contribution in [0.4, 0.5) is 0 Å². The minimum Gasteiger partial charge on any atom is -0.390 e. The summed E-state index contributed by atoms with van der Waals surface area (Å²) < 4.78 is 5.24. The Hall–Kier alpha value is -0.650.